The largest absolute Gasteiger partial charge is 0.352 e. The van der Waals surface area contributed by atoms with Crippen LogP contribution in [0, 0.1) is 11.3 Å². The molecule has 5 N–H and O–H groups in total. The number of nitrogens with one attached hydrogen (secondary N) is 3. The number of urea groups is 1. The van der Waals surface area contributed by atoms with E-state index in [9.17, 15) is 27.6 Å². The molecule has 4 amide bonds. The maximum Gasteiger partial charge on any atom is 0.312 e. The molecule has 0 spiro atoms. The molecule has 2 rings (SSSR count). The normalized spacial score (nSPS) is 13.5. The summed E-state index contributed by atoms with van der Waals surface area (Å²) >= 11 is 0. The van der Waals surface area contributed by atoms with Gasteiger partial charge in [0, 0.05) is 37.4 Å². The Morgan fingerprint density at radius 3 is 2.32 bits per heavy atom. The Balaban J connectivity index is 2.00. The number of carbonyl (C=O) groups is 4. The number of amides is 4. The number of carbonyl (C=O) groups excluding carboxylic acids is 4. The van der Waals surface area contributed by atoms with Crippen LogP contribution in [0.3, 0.4) is 0 Å². The minimum Gasteiger partial charge on any atom is -0.352 e. The Hall–Kier alpha value is -3.55. The first-order valence-electron chi connectivity index (χ1n) is 13.7. The van der Waals surface area contributed by atoms with Crippen LogP contribution in [0.1, 0.15) is 66.7 Å². The molecule has 0 saturated carbocycles. The van der Waals surface area contributed by atoms with Crippen LogP contribution in [-0.4, -0.2) is 71.5 Å². The van der Waals surface area contributed by atoms with Gasteiger partial charge in [-0.25, -0.2) is 23.2 Å². The first-order valence-corrected chi connectivity index (χ1v) is 15.6. The van der Waals surface area contributed by atoms with E-state index >= 15 is 0 Å². The van der Waals surface area contributed by atoms with Gasteiger partial charge >= 0.3 is 6.03 Å². The Morgan fingerprint density at radius 2 is 1.73 bits per heavy atom. The third kappa shape index (κ3) is 10.1. The summed E-state index contributed by atoms with van der Waals surface area (Å²) in [7, 11) is -3.52. The molecule has 0 aromatic carbocycles. The first kappa shape index (κ1) is 33.7. The highest BCUT2D eigenvalue weighted by Crippen LogP contribution is 2.21. The van der Waals surface area contributed by atoms with E-state index in [1.54, 1.807) is 37.6 Å². The minimum absolute atomic E-state index is 0.0460. The molecule has 2 aromatic heterocycles. The Labute approximate surface area is 241 Å². The fourth-order valence-corrected chi connectivity index (χ4v) is 5.18. The number of unbranched alkanes of at least 4 members (excludes halogenated alkanes) is 1. The van der Waals surface area contributed by atoms with E-state index in [0.717, 1.165) is 6.26 Å². The second-order valence-electron chi connectivity index (χ2n) is 11.6. The standard InChI is InChI=1S/C27H43N7O6S/c1-17(2)21(24(37)32-19(22(36)27(3,4)5)10-7-8-13-29-26(28)38)33-20(35)11-9-14-34-15-12-18-23(34)30-16-31-25(18)41(6,39)40/h12,15-17,19,21H,7-11,13-14H2,1-6H3,(H,32,37)(H,33,35)(H3,28,29,38)/t19-,21-/m0/s1. The number of fused-ring (bicyclic) bond motifs is 1. The summed E-state index contributed by atoms with van der Waals surface area (Å²) < 4.78 is 25.8. The molecule has 228 valence electrons. The van der Waals surface area contributed by atoms with E-state index in [-0.39, 0.29) is 29.1 Å². The summed E-state index contributed by atoms with van der Waals surface area (Å²) in [4.78, 5) is 58.1. The molecule has 0 unspecified atom stereocenters. The van der Waals surface area contributed by atoms with Gasteiger partial charge in [-0.1, -0.05) is 34.6 Å². The summed E-state index contributed by atoms with van der Waals surface area (Å²) in [6.07, 6.45) is 6.09. The van der Waals surface area contributed by atoms with Crippen molar-refractivity contribution in [3.63, 3.8) is 0 Å². The lowest BCUT2D eigenvalue weighted by Gasteiger charge is -2.29. The van der Waals surface area contributed by atoms with E-state index in [1.165, 1.54) is 6.33 Å². The monoisotopic (exact) mass is 593 g/mol. The maximum absolute atomic E-state index is 13.2. The van der Waals surface area contributed by atoms with Gasteiger partial charge < -0.3 is 26.3 Å². The molecule has 2 aromatic rings. The summed E-state index contributed by atoms with van der Waals surface area (Å²) in [6.45, 7) is 9.75. The van der Waals surface area contributed by atoms with E-state index in [0.29, 0.717) is 49.8 Å². The summed E-state index contributed by atoms with van der Waals surface area (Å²) in [6, 6.07) is -0.566. The molecule has 0 radical (unpaired) electrons. The quantitative estimate of drug-likeness (QED) is 0.177. The summed E-state index contributed by atoms with van der Waals surface area (Å²) in [5.74, 6) is -1.11. The highest BCUT2D eigenvalue weighted by molar-refractivity contribution is 7.90. The van der Waals surface area contributed by atoms with Crippen LogP contribution in [0.15, 0.2) is 23.6 Å². The number of hydrogen-bond donors (Lipinski definition) is 4. The van der Waals surface area contributed by atoms with Crippen LogP contribution in [-0.2, 0) is 30.8 Å². The number of aryl methyl sites for hydroxylation is 1. The van der Waals surface area contributed by atoms with Crippen LogP contribution >= 0.6 is 0 Å². The van der Waals surface area contributed by atoms with E-state index in [1.807, 2.05) is 13.8 Å². The summed E-state index contributed by atoms with van der Waals surface area (Å²) in [5, 5.41) is 8.51. The van der Waals surface area contributed by atoms with Gasteiger partial charge in [0.05, 0.1) is 11.4 Å². The van der Waals surface area contributed by atoms with Gasteiger partial charge in [-0.3, -0.25) is 14.4 Å². The van der Waals surface area contributed by atoms with Gasteiger partial charge in [0.15, 0.2) is 20.6 Å². The highest BCUT2D eigenvalue weighted by atomic mass is 32.2. The zero-order valence-electron chi connectivity index (χ0n) is 24.7. The minimum atomic E-state index is -3.52. The topological polar surface area (TPSA) is 195 Å². The Morgan fingerprint density at radius 1 is 1.05 bits per heavy atom. The van der Waals surface area contributed by atoms with Crippen molar-refractivity contribution in [2.24, 2.45) is 17.1 Å². The fraction of sp³-hybridized carbons (Fsp3) is 0.630. The maximum atomic E-state index is 13.2. The van der Waals surface area contributed by atoms with Crippen molar-refractivity contribution in [2.75, 3.05) is 12.8 Å². The number of sulfone groups is 1. The third-order valence-corrected chi connectivity index (χ3v) is 7.56. The SMILES string of the molecule is CC(C)[C@H](NC(=O)CCCn1ccc2c(S(C)(=O)=O)ncnc21)C(=O)N[C@@H](CCCCNC(N)=O)C(=O)C(C)(C)C. The van der Waals surface area contributed by atoms with Crippen molar-refractivity contribution in [2.45, 2.75) is 90.4 Å². The molecule has 0 saturated heterocycles. The van der Waals surface area contributed by atoms with Crippen LogP contribution in [0.25, 0.3) is 11.0 Å². The number of primary amides is 1. The molecule has 13 nitrogen and oxygen atoms in total. The van der Waals surface area contributed by atoms with E-state index in [4.69, 9.17) is 5.73 Å². The van der Waals surface area contributed by atoms with E-state index in [2.05, 4.69) is 25.9 Å². The number of aromatic nitrogens is 3. The van der Waals surface area contributed by atoms with Crippen molar-refractivity contribution in [1.29, 1.82) is 0 Å². The molecule has 0 aliphatic carbocycles. The molecule has 2 heterocycles. The van der Waals surface area contributed by atoms with Gasteiger partial charge in [0.25, 0.3) is 0 Å². The lowest BCUT2D eigenvalue weighted by atomic mass is 9.84. The van der Waals surface area contributed by atoms with Crippen LogP contribution in [0.5, 0.6) is 0 Å². The zero-order chi connectivity index (χ0) is 31.0. The fourth-order valence-electron chi connectivity index (χ4n) is 4.39. The number of nitrogens with zero attached hydrogens (tertiary/aromatic N) is 3. The number of Topliss-reactive ketones (excluding diaryl/α,β-unsaturated/α-hetero) is 1. The first-order chi connectivity index (χ1) is 19.0. The van der Waals surface area contributed by atoms with Gasteiger partial charge in [-0.15, -0.1) is 0 Å². The molecule has 0 aliphatic heterocycles. The number of ketones is 1. The average Bonchev–Trinajstić information content (AvgIpc) is 3.27. The molecule has 0 aliphatic rings. The second kappa shape index (κ2) is 14.4. The number of rotatable bonds is 15. The van der Waals surface area contributed by atoms with Gasteiger partial charge in [-0.05, 0) is 37.7 Å². The van der Waals surface area contributed by atoms with Crippen molar-refractivity contribution in [3.8, 4) is 0 Å². The molecule has 41 heavy (non-hydrogen) atoms. The highest BCUT2D eigenvalue weighted by Gasteiger charge is 2.33. The lowest BCUT2D eigenvalue weighted by molar-refractivity contribution is -0.135. The van der Waals surface area contributed by atoms with Crippen LogP contribution in [0.4, 0.5) is 4.79 Å². The van der Waals surface area contributed by atoms with Gasteiger partial charge in [0.1, 0.15) is 18.0 Å². The van der Waals surface area contributed by atoms with Crippen molar-refractivity contribution < 1.29 is 27.6 Å². The van der Waals surface area contributed by atoms with Crippen molar-refractivity contribution >= 4 is 44.5 Å². The average molecular weight is 594 g/mol. The van der Waals surface area contributed by atoms with Crippen LogP contribution in [0.2, 0.25) is 0 Å². The summed E-state index contributed by atoms with van der Waals surface area (Å²) in [5.41, 5.74) is 4.86. The Bertz CT molecular complexity index is 1350. The molecule has 0 bridgehead atoms. The second-order valence-corrected chi connectivity index (χ2v) is 13.5. The van der Waals surface area contributed by atoms with E-state index < -0.39 is 39.3 Å². The predicted octanol–water partition coefficient (Wildman–Crippen LogP) is 1.69. The number of nitrogens with two attached hydrogens (primary N) is 1. The van der Waals surface area contributed by atoms with Gasteiger partial charge in [-0.2, -0.15) is 0 Å². The van der Waals surface area contributed by atoms with Crippen molar-refractivity contribution in [3.05, 3.63) is 18.6 Å². The molecule has 2 atom stereocenters. The smallest absolute Gasteiger partial charge is 0.312 e. The Kier molecular flexibility index (Phi) is 11.8. The van der Waals surface area contributed by atoms with Crippen molar-refractivity contribution in [1.82, 2.24) is 30.5 Å². The molecular weight excluding hydrogens is 550 g/mol. The van der Waals surface area contributed by atoms with Gasteiger partial charge in [0.2, 0.25) is 11.8 Å². The molecule has 14 heteroatoms. The lowest BCUT2D eigenvalue weighted by Crippen LogP contribution is -2.55. The number of hydrogen-bond acceptors (Lipinski definition) is 8. The third-order valence-electron chi connectivity index (χ3n) is 6.53. The predicted molar refractivity (Wildman–Crippen MR) is 154 cm³/mol. The van der Waals surface area contributed by atoms with Crippen LogP contribution < -0.4 is 21.7 Å². The molecular formula is C27H43N7O6S. The molecule has 0 fully saturated rings. The zero-order valence-corrected chi connectivity index (χ0v) is 25.5.